The fourth-order valence-corrected chi connectivity index (χ4v) is 2.58. The van der Waals surface area contributed by atoms with Gasteiger partial charge in [-0.05, 0) is 18.2 Å². The molecule has 3 rings (SSSR count). The zero-order valence-corrected chi connectivity index (χ0v) is 14.4. The summed E-state index contributed by atoms with van der Waals surface area (Å²) in [5.74, 6) is -2.20. The van der Waals surface area contributed by atoms with Crippen LogP contribution in [0.4, 0.5) is 5.69 Å². The maximum Gasteiger partial charge on any atom is 0.336 e. The molecule has 0 amide bonds. The Morgan fingerprint density at radius 3 is 2.36 bits per heavy atom. The number of pyridine rings is 1. The highest BCUT2D eigenvalue weighted by Crippen LogP contribution is 2.33. The molecule has 0 bridgehead atoms. The Morgan fingerprint density at radius 2 is 1.75 bits per heavy atom. The highest BCUT2D eigenvalue weighted by atomic mass is 16.6. The summed E-state index contributed by atoms with van der Waals surface area (Å²) in [6.45, 7) is -0.0872. The number of aromatic nitrogens is 1. The van der Waals surface area contributed by atoms with Crippen LogP contribution >= 0.6 is 0 Å². The average molecular weight is 378 g/mol. The van der Waals surface area contributed by atoms with Crippen molar-refractivity contribution in [2.45, 2.75) is 6.61 Å². The van der Waals surface area contributed by atoms with Crippen LogP contribution in [-0.4, -0.2) is 26.8 Å². The number of ketones is 1. The van der Waals surface area contributed by atoms with Crippen LogP contribution in [0.5, 0.6) is 5.75 Å². The number of nitro benzene ring substituents is 1. The van der Waals surface area contributed by atoms with E-state index < -0.39 is 22.4 Å². The van der Waals surface area contributed by atoms with Crippen molar-refractivity contribution in [3.05, 3.63) is 99.4 Å². The average Bonchev–Trinajstić information content (AvgIpc) is 2.72. The van der Waals surface area contributed by atoms with Gasteiger partial charge in [-0.3, -0.25) is 19.9 Å². The van der Waals surface area contributed by atoms with E-state index in [9.17, 15) is 24.8 Å². The Kier molecular flexibility index (Phi) is 5.40. The first-order chi connectivity index (χ1) is 13.5. The van der Waals surface area contributed by atoms with Crippen LogP contribution in [0.25, 0.3) is 0 Å². The molecular weight excluding hydrogens is 364 g/mol. The first-order valence-corrected chi connectivity index (χ1v) is 8.15. The first kappa shape index (κ1) is 18.7. The zero-order chi connectivity index (χ0) is 20.1. The molecule has 0 radical (unpaired) electrons. The Hall–Kier alpha value is -4.07. The lowest BCUT2D eigenvalue weighted by Gasteiger charge is -2.12. The van der Waals surface area contributed by atoms with Gasteiger partial charge in [0.2, 0.25) is 5.78 Å². The van der Waals surface area contributed by atoms with Gasteiger partial charge in [-0.15, -0.1) is 0 Å². The molecule has 1 N–H and O–H groups in total. The normalized spacial score (nSPS) is 10.3. The summed E-state index contributed by atoms with van der Waals surface area (Å²) < 4.78 is 5.60. The third-order valence-corrected chi connectivity index (χ3v) is 3.89. The standard InChI is InChI=1S/C20H14N2O6/c23-19(13-6-2-1-3-7-13)18-16(22(26)27)10-14(20(24)25)11-17(18)28-12-15-8-4-5-9-21-15/h1-11H,12H2,(H,24,25). The molecule has 1 aromatic heterocycles. The third kappa shape index (κ3) is 4.01. The second kappa shape index (κ2) is 8.09. The number of hydrogen-bond acceptors (Lipinski definition) is 6. The van der Waals surface area contributed by atoms with E-state index in [0.717, 1.165) is 12.1 Å². The van der Waals surface area contributed by atoms with Crippen LogP contribution in [0.2, 0.25) is 0 Å². The number of carboxylic acids is 1. The van der Waals surface area contributed by atoms with Crippen LogP contribution < -0.4 is 4.74 Å². The van der Waals surface area contributed by atoms with Crippen LogP contribution in [0.3, 0.4) is 0 Å². The number of aromatic carboxylic acids is 1. The number of hydrogen-bond donors (Lipinski definition) is 1. The van der Waals surface area contributed by atoms with E-state index >= 15 is 0 Å². The van der Waals surface area contributed by atoms with Gasteiger partial charge in [-0.1, -0.05) is 36.4 Å². The summed E-state index contributed by atoms with van der Waals surface area (Å²) in [5.41, 5.74) is -0.561. The summed E-state index contributed by atoms with van der Waals surface area (Å²) in [5, 5.41) is 20.8. The van der Waals surface area contributed by atoms with Crippen molar-refractivity contribution in [3.63, 3.8) is 0 Å². The Balaban J connectivity index is 2.12. The smallest absolute Gasteiger partial charge is 0.336 e. The molecule has 0 aliphatic rings. The van der Waals surface area contributed by atoms with Crippen LogP contribution in [-0.2, 0) is 6.61 Å². The van der Waals surface area contributed by atoms with Gasteiger partial charge in [0.1, 0.15) is 17.9 Å². The summed E-state index contributed by atoms with van der Waals surface area (Å²) in [6.07, 6.45) is 1.55. The predicted molar refractivity (Wildman–Crippen MR) is 98.5 cm³/mol. The fraction of sp³-hybridized carbons (Fsp3) is 0.0500. The molecule has 0 spiro atoms. The number of nitrogens with zero attached hydrogens (tertiary/aromatic N) is 2. The monoisotopic (exact) mass is 378 g/mol. The molecule has 0 unspecified atom stereocenters. The molecule has 2 aromatic carbocycles. The van der Waals surface area contributed by atoms with Crippen LogP contribution in [0.1, 0.15) is 32.0 Å². The maximum atomic E-state index is 12.9. The Bertz CT molecular complexity index is 1040. The number of benzene rings is 2. The van der Waals surface area contributed by atoms with Crippen molar-refractivity contribution in [3.8, 4) is 5.75 Å². The van der Waals surface area contributed by atoms with Gasteiger partial charge < -0.3 is 9.84 Å². The zero-order valence-electron chi connectivity index (χ0n) is 14.4. The van der Waals surface area contributed by atoms with Gasteiger partial charge in [0.15, 0.2) is 0 Å². The molecule has 28 heavy (non-hydrogen) atoms. The number of carbonyl (C=O) groups excluding carboxylic acids is 1. The van der Waals surface area contributed by atoms with Crippen LogP contribution in [0, 0.1) is 10.1 Å². The quantitative estimate of drug-likeness (QED) is 0.379. The Morgan fingerprint density at radius 1 is 1.04 bits per heavy atom. The molecule has 0 saturated carbocycles. The SMILES string of the molecule is O=C(O)c1cc(OCc2ccccn2)c(C(=O)c2ccccc2)c([N+](=O)[O-])c1. The van der Waals surface area contributed by atoms with Gasteiger partial charge in [0.25, 0.3) is 5.69 Å². The molecular formula is C20H14N2O6. The predicted octanol–water partition coefficient (Wildman–Crippen LogP) is 3.50. The highest BCUT2D eigenvalue weighted by Gasteiger charge is 2.29. The van der Waals surface area contributed by atoms with E-state index in [1.165, 1.54) is 12.1 Å². The molecule has 0 fully saturated rings. The van der Waals surface area contributed by atoms with Crippen LogP contribution in [0.15, 0.2) is 66.9 Å². The fourth-order valence-electron chi connectivity index (χ4n) is 2.58. The molecule has 8 nitrogen and oxygen atoms in total. The van der Waals surface area contributed by atoms with E-state index in [1.807, 2.05) is 0 Å². The lowest BCUT2D eigenvalue weighted by Crippen LogP contribution is -2.11. The topological polar surface area (TPSA) is 120 Å². The molecule has 0 aliphatic heterocycles. The lowest BCUT2D eigenvalue weighted by atomic mass is 9.98. The summed E-state index contributed by atoms with van der Waals surface area (Å²) in [7, 11) is 0. The largest absolute Gasteiger partial charge is 0.486 e. The minimum atomic E-state index is -1.37. The van der Waals surface area contributed by atoms with Gasteiger partial charge in [0.05, 0.1) is 16.2 Å². The number of carbonyl (C=O) groups is 2. The highest BCUT2D eigenvalue weighted by molar-refractivity contribution is 6.14. The first-order valence-electron chi connectivity index (χ1n) is 8.15. The number of rotatable bonds is 7. The van der Waals surface area contributed by atoms with E-state index in [4.69, 9.17) is 4.74 Å². The van der Waals surface area contributed by atoms with Crippen molar-refractivity contribution in [1.82, 2.24) is 4.98 Å². The van der Waals surface area contributed by atoms with Gasteiger partial charge in [-0.25, -0.2) is 4.79 Å². The van der Waals surface area contributed by atoms with Crippen molar-refractivity contribution in [1.29, 1.82) is 0 Å². The molecule has 0 aliphatic carbocycles. The van der Waals surface area contributed by atoms with Crippen molar-refractivity contribution >= 4 is 17.4 Å². The Labute approximate surface area is 159 Å². The van der Waals surface area contributed by atoms with Gasteiger partial charge >= 0.3 is 5.97 Å². The van der Waals surface area contributed by atoms with E-state index in [2.05, 4.69) is 4.98 Å². The van der Waals surface area contributed by atoms with Crippen molar-refractivity contribution in [2.24, 2.45) is 0 Å². The molecule has 0 atom stereocenters. The molecule has 1 heterocycles. The minimum Gasteiger partial charge on any atom is -0.486 e. The third-order valence-electron chi connectivity index (χ3n) is 3.89. The van der Waals surface area contributed by atoms with Gasteiger partial charge in [0, 0.05) is 17.8 Å². The minimum absolute atomic E-state index is 0.0872. The molecule has 8 heteroatoms. The van der Waals surface area contributed by atoms with E-state index in [0.29, 0.717) is 5.69 Å². The second-order valence-corrected chi connectivity index (χ2v) is 5.74. The van der Waals surface area contributed by atoms with Crippen molar-refractivity contribution < 1.29 is 24.4 Å². The number of nitro groups is 1. The van der Waals surface area contributed by atoms with Crippen molar-refractivity contribution in [2.75, 3.05) is 0 Å². The second-order valence-electron chi connectivity index (χ2n) is 5.74. The summed E-state index contributed by atoms with van der Waals surface area (Å²) in [6, 6.07) is 15.1. The summed E-state index contributed by atoms with van der Waals surface area (Å²) >= 11 is 0. The molecule has 0 saturated heterocycles. The number of ether oxygens (including phenoxy) is 1. The maximum absolute atomic E-state index is 12.9. The lowest BCUT2D eigenvalue weighted by molar-refractivity contribution is -0.385. The van der Waals surface area contributed by atoms with Gasteiger partial charge in [-0.2, -0.15) is 0 Å². The summed E-state index contributed by atoms with van der Waals surface area (Å²) in [4.78, 5) is 39.2. The molecule has 3 aromatic rings. The van der Waals surface area contributed by atoms with E-state index in [1.54, 1.807) is 42.6 Å². The van der Waals surface area contributed by atoms with E-state index in [-0.39, 0.29) is 29.0 Å². The molecule has 140 valence electrons. The number of carboxylic acid groups (broad SMARTS) is 1.